The standard InChI is InChI=1S/C19H22N2O3S2/c1-10-11(2)13(4)18(14(5)12(10)3)26(22,23)21-19-20-16-8-7-15(24-6)9-17(16)25-19/h7-9H,1-6H3,(H,20,21). The molecule has 0 atom stereocenters. The van der Waals surface area contributed by atoms with Crippen molar-refractivity contribution < 1.29 is 13.2 Å². The Labute approximate surface area is 158 Å². The number of methoxy groups -OCH3 is 1. The second-order valence-electron chi connectivity index (χ2n) is 6.41. The monoisotopic (exact) mass is 390 g/mol. The highest BCUT2D eigenvalue weighted by Gasteiger charge is 2.24. The molecule has 1 heterocycles. The Kier molecular flexibility index (Phi) is 4.71. The first-order chi connectivity index (χ1) is 12.2. The van der Waals surface area contributed by atoms with Gasteiger partial charge in [0.25, 0.3) is 10.0 Å². The van der Waals surface area contributed by atoms with Gasteiger partial charge < -0.3 is 4.74 Å². The van der Waals surface area contributed by atoms with Crippen LogP contribution in [0.3, 0.4) is 0 Å². The van der Waals surface area contributed by atoms with Gasteiger partial charge in [0.2, 0.25) is 0 Å². The minimum Gasteiger partial charge on any atom is -0.497 e. The average molecular weight is 391 g/mol. The summed E-state index contributed by atoms with van der Waals surface area (Å²) in [6.45, 7) is 9.65. The average Bonchev–Trinajstić information content (AvgIpc) is 2.98. The Bertz CT molecular complexity index is 1090. The number of nitrogens with one attached hydrogen (secondary N) is 1. The minimum atomic E-state index is -3.73. The third-order valence-corrected chi connectivity index (χ3v) is 7.69. The van der Waals surface area contributed by atoms with E-state index in [0.717, 1.165) is 38.0 Å². The predicted molar refractivity (Wildman–Crippen MR) is 107 cm³/mol. The third kappa shape index (κ3) is 3.05. The maximum atomic E-state index is 13.1. The van der Waals surface area contributed by atoms with Crippen LogP contribution in [0, 0.1) is 34.6 Å². The summed E-state index contributed by atoms with van der Waals surface area (Å²) in [5, 5.41) is 0.350. The quantitative estimate of drug-likeness (QED) is 0.704. The summed E-state index contributed by atoms with van der Waals surface area (Å²) < 4.78 is 34.9. The third-order valence-electron chi connectivity index (χ3n) is 5.02. The van der Waals surface area contributed by atoms with Crippen LogP contribution in [0.15, 0.2) is 23.1 Å². The zero-order valence-electron chi connectivity index (χ0n) is 15.7. The molecule has 0 saturated carbocycles. The Morgan fingerprint density at radius 3 is 2.12 bits per heavy atom. The van der Waals surface area contributed by atoms with E-state index in [9.17, 15) is 8.42 Å². The lowest BCUT2D eigenvalue weighted by atomic mass is 9.95. The highest BCUT2D eigenvalue weighted by molar-refractivity contribution is 7.93. The van der Waals surface area contributed by atoms with E-state index < -0.39 is 10.0 Å². The molecule has 0 unspecified atom stereocenters. The van der Waals surface area contributed by atoms with E-state index >= 15 is 0 Å². The van der Waals surface area contributed by atoms with Crippen LogP contribution in [0.25, 0.3) is 10.2 Å². The summed E-state index contributed by atoms with van der Waals surface area (Å²) >= 11 is 1.29. The molecule has 0 spiro atoms. The van der Waals surface area contributed by atoms with Gasteiger partial charge in [0, 0.05) is 0 Å². The molecule has 138 valence electrons. The van der Waals surface area contributed by atoms with Gasteiger partial charge in [-0.05, 0) is 80.6 Å². The van der Waals surface area contributed by atoms with Crippen LogP contribution in [-0.4, -0.2) is 20.5 Å². The van der Waals surface area contributed by atoms with E-state index in [-0.39, 0.29) is 0 Å². The molecule has 0 bridgehead atoms. The molecule has 0 radical (unpaired) electrons. The topological polar surface area (TPSA) is 68.3 Å². The molecule has 2 aromatic carbocycles. The lowest BCUT2D eigenvalue weighted by molar-refractivity contribution is 0.415. The van der Waals surface area contributed by atoms with Crippen LogP contribution in [0.5, 0.6) is 5.75 Å². The molecule has 0 amide bonds. The summed E-state index contributed by atoms with van der Waals surface area (Å²) in [6, 6.07) is 5.47. The largest absolute Gasteiger partial charge is 0.497 e. The van der Waals surface area contributed by atoms with Gasteiger partial charge in [-0.2, -0.15) is 0 Å². The normalized spacial score (nSPS) is 11.8. The van der Waals surface area contributed by atoms with Crippen LogP contribution < -0.4 is 9.46 Å². The molecule has 3 aromatic rings. The SMILES string of the molecule is COc1ccc2nc(NS(=O)(=O)c3c(C)c(C)c(C)c(C)c3C)sc2c1. The van der Waals surface area contributed by atoms with Gasteiger partial charge in [0.15, 0.2) is 5.13 Å². The molecular weight excluding hydrogens is 368 g/mol. The first kappa shape index (κ1) is 18.7. The zero-order chi connectivity index (χ0) is 19.2. The Hall–Kier alpha value is -2.12. The number of thiazole rings is 1. The molecule has 26 heavy (non-hydrogen) atoms. The summed E-state index contributed by atoms with van der Waals surface area (Å²) in [7, 11) is -2.14. The molecule has 0 aliphatic heterocycles. The fraction of sp³-hybridized carbons (Fsp3) is 0.316. The van der Waals surface area contributed by atoms with Crippen molar-refractivity contribution in [3.63, 3.8) is 0 Å². The fourth-order valence-corrected chi connectivity index (χ4v) is 5.84. The van der Waals surface area contributed by atoms with Crippen molar-refractivity contribution in [3.05, 3.63) is 46.0 Å². The van der Waals surface area contributed by atoms with Crippen molar-refractivity contribution in [2.24, 2.45) is 0 Å². The fourth-order valence-electron chi connectivity index (χ4n) is 3.11. The van der Waals surface area contributed by atoms with Crippen LogP contribution in [-0.2, 0) is 10.0 Å². The summed E-state index contributed by atoms with van der Waals surface area (Å²) in [5.74, 6) is 0.715. The van der Waals surface area contributed by atoms with Crippen LogP contribution >= 0.6 is 11.3 Å². The number of nitrogens with zero attached hydrogens (tertiary/aromatic N) is 1. The zero-order valence-corrected chi connectivity index (χ0v) is 17.4. The van der Waals surface area contributed by atoms with Gasteiger partial charge in [-0.15, -0.1) is 0 Å². The van der Waals surface area contributed by atoms with Crippen molar-refractivity contribution in [2.45, 2.75) is 39.5 Å². The summed E-state index contributed by atoms with van der Waals surface area (Å²) in [5.41, 5.74) is 5.43. The van der Waals surface area contributed by atoms with Gasteiger partial charge in [-0.25, -0.2) is 13.4 Å². The maximum Gasteiger partial charge on any atom is 0.264 e. The molecule has 1 aromatic heterocycles. The van der Waals surface area contributed by atoms with Crippen LogP contribution in [0.2, 0.25) is 0 Å². The number of fused-ring (bicyclic) bond motifs is 1. The van der Waals surface area contributed by atoms with Crippen LogP contribution in [0.4, 0.5) is 5.13 Å². The molecule has 5 nitrogen and oxygen atoms in total. The molecule has 1 N–H and O–H groups in total. The van der Waals surface area contributed by atoms with Crippen molar-refractivity contribution >= 4 is 36.7 Å². The summed E-state index contributed by atoms with van der Waals surface area (Å²) in [4.78, 5) is 4.74. The highest BCUT2D eigenvalue weighted by atomic mass is 32.2. The molecule has 0 aliphatic rings. The predicted octanol–water partition coefficient (Wildman–Crippen LogP) is 4.65. The van der Waals surface area contributed by atoms with E-state index in [1.165, 1.54) is 11.3 Å². The first-order valence-electron chi connectivity index (χ1n) is 8.20. The Morgan fingerprint density at radius 2 is 1.54 bits per heavy atom. The Balaban J connectivity index is 2.08. The van der Waals surface area contributed by atoms with Gasteiger partial charge in [0.1, 0.15) is 5.75 Å². The highest BCUT2D eigenvalue weighted by Crippen LogP contribution is 2.33. The smallest absolute Gasteiger partial charge is 0.264 e. The number of aromatic nitrogens is 1. The molecular formula is C19H22N2O3S2. The number of ether oxygens (including phenoxy) is 1. The van der Waals surface area contributed by atoms with E-state index in [4.69, 9.17) is 4.74 Å². The number of benzene rings is 2. The second-order valence-corrected chi connectivity index (χ2v) is 9.06. The van der Waals surface area contributed by atoms with Gasteiger partial charge in [-0.3, -0.25) is 4.72 Å². The van der Waals surface area contributed by atoms with Gasteiger partial charge in [0.05, 0.1) is 22.2 Å². The van der Waals surface area contributed by atoms with E-state index in [2.05, 4.69) is 9.71 Å². The van der Waals surface area contributed by atoms with Crippen molar-refractivity contribution in [1.29, 1.82) is 0 Å². The number of hydrogen-bond donors (Lipinski definition) is 1. The van der Waals surface area contributed by atoms with Crippen LogP contribution in [0.1, 0.15) is 27.8 Å². The maximum absolute atomic E-state index is 13.1. The number of sulfonamides is 1. The first-order valence-corrected chi connectivity index (χ1v) is 10.5. The molecule has 0 saturated heterocycles. The summed E-state index contributed by atoms with van der Waals surface area (Å²) in [6.07, 6.45) is 0. The van der Waals surface area contributed by atoms with E-state index in [1.807, 2.05) is 46.8 Å². The molecule has 7 heteroatoms. The lowest BCUT2D eigenvalue weighted by Gasteiger charge is -2.18. The molecule has 0 aliphatic carbocycles. The minimum absolute atomic E-state index is 0.343. The van der Waals surface area contributed by atoms with Gasteiger partial charge >= 0.3 is 0 Å². The van der Waals surface area contributed by atoms with Crippen molar-refractivity contribution in [3.8, 4) is 5.75 Å². The Morgan fingerprint density at radius 1 is 0.962 bits per heavy atom. The van der Waals surface area contributed by atoms with E-state index in [1.54, 1.807) is 13.2 Å². The number of rotatable bonds is 4. The number of hydrogen-bond acceptors (Lipinski definition) is 5. The van der Waals surface area contributed by atoms with E-state index in [0.29, 0.717) is 15.8 Å². The molecule has 3 rings (SSSR count). The second kappa shape index (κ2) is 6.55. The molecule has 0 fully saturated rings. The van der Waals surface area contributed by atoms with Crippen molar-refractivity contribution in [2.75, 3.05) is 11.8 Å². The van der Waals surface area contributed by atoms with Crippen molar-refractivity contribution in [1.82, 2.24) is 4.98 Å². The number of anilines is 1. The lowest BCUT2D eigenvalue weighted by Crippen LogP contribution is -2.17. The van der Waals surface area contributed by atoms with Gasteiger partial charge in [-0.1, -0.05) is 11.3 Å².